The van der Waals surface area contributed by atoms with Gasteiger partial charge in [-0.15, -0.1) is 0 Å². The molecule has 144 valence electrons. The lowest BCUT2D eigenvalue weighted by Gasteiger charge is -2.28. The molecular weight excluding hydrogens is 389 g/mol. The molecule has 2 aromatic carbocycles. The van der Waals surface area contributed by atoms with Crippen molar-refractivity contribution in [3.05, 3.63) is 94.7 Å². The molecule has 0 atom stereocenters. The molecule has 0 unspecified atom stereocenters. The van der Waals surface area contributed by atoms with E-state index in [0.717, 1.165) is 28.6 Å². The Balaban J connectivity index is 1.46. The van der Waals surface area contributed by atoms with Crippen molar-refractivity contribution in [2.75, 3.05) is 11.4 Å². The van der Waals surface area contributed by atoms with Crippen LogP contribution in [0, 0.1) is 5.82 Å². The molecule has 1 aliphatic heterocycles. The van der Waals surface area contributed by atoms with Crippen LogP contribution in [-0.4, -0.2) is 22.0 Å². The quantitative estimate of drug-likeness (QED) is 0.476. The second-order valence-corrected chi connectivity index (χ2v) is 7.62. The first-order valence-corrected chi connectivity index (χ1v) is 9.75. The number of carbonyl (C=O) groups excluding carboxylic acids is 1. The molecule has 0 radical (unpaired) electrons. The van der Waals surface area contributed by atoms with Crippen molar-refractivity contribution in [3.63, 3.8) is 0 Å². The third-order valence-corrected chi connectivity index (χ3v) is 5.57. The lowest BCUT2D eigenvalue weighted by atomic mass is 9.98. The smallest absolute Gasteiger partial charge is 0.258 e. The highest BCUT2D eigenvalue weighted by atomic mass is 35.5. The highest BCUT2D eigenvalue weighted by molar-refractivity contribution is 6.30. The molecule has 0 saturated heterocycles. The number of hydrogen-bond donors (Lipinski definition) is 0. The van der Waals surface area contributed by atoms with Crippen molar-refractivity contribution < 1.29 is 9.18 Å². The van der Waals surface area contributed by atoms with E-state index < -0.39 is 0 Å². The van der Waals surface area contributed by atoms with Gasteiger partial charge in [0.05, 0.1) is 17.4 Å². The van der Waals surface area contributed by atoms with Crippen molar-refractivity contribution in [1.82, 2.24) is 9.55 Å². The monoisotopic (exact) mass is 405 g/mol. The van der Waals surface area contributed by atoms with Gasteiger partial charge < -0.3 is 9.47 Å². The summed E-state index contributed by atoms with van der Waals surface area (Å²) in [7, 11) is 0. The van der Waals surface area contributed by atoms with Crippen LogP contribution in [0.25, 0.3) is 10.9 Å². The number of amides is 1. The van der Waals surface area contributed by atoms with E-state index in [1.54, 1.807) is 35.5 Å². The first kappa shape index (κ1) is 17.9. The summed E-state index contributed by atoms with van der Waals surface area (Å²) in [6, 6.07) is 14.3. The standard InChI is InChI=1S/C23H17ClFN3O/c24-18-4-5-20-17(11-18)7-9-28(23(20)29)19-10-15(12-26-13-19)14-27-8-6-16-2-1-3-21(25)22(16)27/h1-6,8,10-13H,7,9,14H2. The molecule has 0 N–H and O–H groups in total. The molecule has 1 aliphatic rings. The molecule has 0 spiro atoms. The predicted molar refractivity (Wildman–Crippen MR) is 112 cm³/mol. The Morgan fingerprint density at radius 2 is 2.00 bits per heavy atom. The van der Waals surface area contributed by atoms with Gasteiger partial charge >= 0.3 is 0 Å². The molecule has 2 aromatic heterocycles. The summed E-state index contributed by atoms with van der Waals surface area (Å²) in [4.78, 5) is 19.0. The molecule has 6 heteroatoms. The third-order valence-electron chi connectivity index (χ3n) is 5.33. The summed E-state index contributed by atoms with van der Waals surface area (Å²) in [6.45, 7) is 1.04. The topological polar surface area (TPSA) is 38.1 Å². The van der Waals surface area contributed by atoms with Crippen LogP contribution in [0.15, 0.2) is 67.1 Å². The summed E-state index contributed by atoms with van der Waals surface area (Å²) in [5, 5.41) is 1.50. The van der Waals surface area contributed by atoms with Crippen LogP contribution in [0.2, 0.25) is 5.02 Å². The molecule has 4 nitrogen and oxygen atoms in total. The van der Waals surface area contributed by atoms with Gasteiger partial charge in [-0.3, -0.25) is 9.78 Å². The fourth-order valence-electron chi connectivity index (χ4n) is 3.95. The van der Waals surface area contributed by atoms with Crippen molar-refractivity contribution in [3.8, 4) is 0 Å². The number of benzene rings is 2. The van der Waals surface area contributed by atoms with Crippen LogP contribution in [0.5, 0.6) is 0 Å². The molecule has 5 rings (SSSR count). The molecule has 29 heavy (non-hydrogen) atoms. The van der Waals surface area contributed by atoms with Crippen LogP contribution in [0.1, 0.15) is 21.5 Å². The minimum Gasteiger partial charge on any atom is -0.341 e. The molecule has 1 amide bonds. The van der Waals surface area contributed by atoms with Gasteiger partial charge in [-0.1, -0.05) is 23.7 Å². The fourth-order valence-corrected chi connectivity index (χ4v) is 4.15. The number of pyridine rings is 1. The molecule has 0 saturated carbocycles. The Bertz CT molecular complexity index is 1250. The minimum atomic E-state index is -0.252. The Morgan fingerprint density at radius 3 is 2.90 bits per heavy atom. The van der Waals surface area contributed by atoms with Crippen molar-refractivity contribution >= 4 is 34.1 Å². The average Bonchev–Trinajstić information content (AvgIpc) is 3.12. The zero-order valence-electron chi connectivity index (χ0n) is 15.5. The number of rotatable bonds is 3. The van der Waals surface area contributed by atoms with Crippen LogP contribution >= 0.6 is 11.6 Å². The van der Waals surface area contributed by atoms with Crippen LogP contribution in [0.3, 0.4) is 0 Å². The molecule has 0 aliphatic carbocycles. The van der Waals surface area contributed by atoms with Crippen molar-refractivity contribution in [2.24, 2.45) is 0 Å². The minimum absolute atomic E-state index is 0.0562. The van der Waals surface area contributed by atoms with E-state index in [1.807, 2.05) is 35.0 Å². The second kappa shape index (κ2) is 7.01. The maximum absolute atomic E-state index is 14.3. The van der Waals surface area contributed by atoms with E-state index in [9.17, 15) is 9.18 Å². The molecule has 4 aromatic rings. The van der Waals surface area contributed by atoms with E-state index in [4.69, 9.17) is 11.6 Å². The number of halogens is 2. The van der Waals surface area contributed by atoms with E-state index in [1.165, 1.54) is 6.07 Å². The summed E-state index contributed by atoms with van der Waals surface area (Å²) >= 11 is 6.05. The first-order valence-electron chi connectivity index (χ1n) is 9.38. The molecular formula is C23H17ClFN3O. The number of carbonyl (C=O) groups is 1. The van der Waals surface area contributed by atoms with E-state index in [-0.39, 0.29) is 11.7 Å². The van der Waals surface area contributed by atoms with Gasteiger partial charge in [-0.25, -0.2) is 4.39 Å². The van der Waals surface area contributed by atoms with Crippen molar-refractivity contribution in [1.29, 1.82) is 0 Å². The van der Waals surface area contributed by atoms with Gasteiger partial charge in [0.25, 0.3) is 5.91 Å². The number of nitrogens with zero attached hydrogens (tertiary/aromatic N) is 3. The van der Waals surface area contributed by atoms with E-state index in [0.29, 0.717) is 29.2 Å². The van der Waals surface area contributed by atoms with E-state index in [2.05, 4.69) is 4.98 Å². The van der Waals surface area contributed by atoms with Gasteiger partial charge in [-0.05, 0) is 53.9 Å². The Hall–Kier alpha value is -3.18. The average molecular weight is 406 g/mol. The fraction of sp³-hybridized carbons (Fsp3) is 0.130. The van der Waals surface area contributed by atoms with Gasteiger partial charge in [0.1, 0.15) is 5.82 Å². The zero-order chi connectivity index (χ0) is 20.0. The van der Waals surface area contributed by atoms with E-state index >= 15 is 0 Å². The van der Waals surface area contributed by atoms with Gasteiger partial charge in [0.2, 0.25) is 0 Å². The molecule has 0 fully saturated rings. The first-order chi connectivity index (χ1) is 14.1. The zero-order valence-corrected chi connectivity index (χ0v) is 16.2. The highest BCUT2D eigenvalue weighted by Crippen LogP contribution is 2.27. The Kier molecular flexibility index (Phi) is 4.32. The highest BCUT2D eigenvalue weighted by Gasteiger charge is 2.26. The summed E-state index contributed by atoms with van der Waals surface area (Å²) in [5.74, 6) is -0.308. The number of anilines is 1. The number of aromatic nitrogens is 2. The van der Waals surface area contributed by atoms with Gasteiger partial charge in [0, 0.05) is 41.5 Å². The summed E-state index contributed by atoms with van der Waals surface area (Å²) in [5.41, 5.74) is 3.85. The number of hydrogen-bond acceptors (Lipinski definition) is 2. The van der Waals surface area contributed by atoms with Crippen LogP contribution < -0.4 is 4.90 Å². The molecule has 3 heterocycles. The second-order valence-electron chi connectivity index (χ2n) is 7.18. The van der Waals surface area contributed by atoms with Crippen LogP contribution in [0.4, 0.5) is 10.1 Å². The maximum Gasteiger partial charge on any atom is 0.258 e. The lowest BCUT2D eigenvalue weighted by molar-refractivity contribution is 0.0980. The van der Waals surface area contributed by atoms with Gasteiger partial charge in [0.15, 0.2) is 0 Å². The Morgan fingerprint density at radius 1 is 1.10 bits per heavy atom. The predicted octanol–water partition coefficient (Wildman–Crippen LogP) is 5.08. The summed E-state index contributed by atoms with van der Waals surface area (Å²) < 4.78 is 16.1. The number of fused-ring (bicyclic) bond motifs is 2. The summed E-state index contributed by atoms with van der Waals surface area (Å²) in [6.07, 6.45) is 6.04. The third kappa shape index (κ3) is 3.17. The normalized spacial score (nSPS) is 13.7. The molecule has 0 bridgehead atoms. The number of para-hydroxylation sites is 1. The van der Waals surface area contributed by atoms with Crippen LogP contribution in [-0.2, 0) is 13.0 Å². The lowest BCUT2D eigenvalue weighted by Crippen LogP contribution is -2.37. The SMILES string of the molecule is O=C1c2ccc(Cl)cc2CCN1c1cncc(Cn2ccc3cccc(F)c32)c1. The Labute approximate surface area is 172 Å². The van der Waals surface area contributed by atoms with Gasteiger partial charge in [-0.2, -0.15) is 0 Å². The maximum atomic E-state index is 14.3. The van der Waals surface area contributed by atoms with Crippen molar-refractivity contribution in [2.45, 2.75) is 13.0 Å². The largest absolute Gasteiger partial charge is 0.341 e.